The first-order valence-electron chi connectivity index (χ1n) is 6.17. The van der Waals surface area contributed by atoms with Crippen molar-refractivity contribution in [1.29, 1.82) is 0 Å². The Hall–Kier alpha value is -1.78. The van der Waals surface area contributed by atoms with Gasteiger partial charge in [0.1, 0.15) is 5.82 Å². The van der Waals surface area contributed by atoms with Gasteiger partial charge in [-0.15, -0.1) is 0 Å². The summed E-state index contributed by atoms with van der Waals surface area (Å²) in [5.41, 5.74) is 2.29. The Bertz CT molecular complexity index is 462. The Balaban J connectivity index is 2.17. The summed E-state index contributed by atoms with van der Waals surface area (Å²) in [6.45, 7) is 7.88. The van der Waals surface area contributed by atoms with Crippen molar-refractivity contribution in [2.75, 3.05) is 24.5 Å². The van der Waals surface area contributed by atoms with Gasteiger partial charge in [-0.1, -0.05) is 6.07 Å². The first-order chi connectivity index (χ1) is 8.49. The molecule has 0 aromatic carbocycles. The fourth-order valence-corrected chi connectivity index (χ4v) is 2.45. The number of amides is 1. The van der Waals surface area contributed by atoms with Gasteiger partial charge in [0.2, 0.25) is 0 Å². The van der Waals surface area contributed by atoms with Crippen molar-refractivity contribution in [3.8, 4) is 0 Å². The largest absolute Gasteiger partial charge is 0.465 e. The van der Waals surface area contributed by atoms with Gasteiger partial charge in [0.25, 0.3) is 0 Å². The van der Waals surface area contributed by atoms with Gasteiger partial charge in [-0.25, -0.2) is 9.78 Å². The normalized spacial score (nSPS) is 20.1. The molecule has 1 aromatic rings. The van der Waals surface area contributed by atoms with Gasteiger partial charge in [-0.3, -0.25) is 0 Å². The molecule has 0 aliphatic carbocycles. The van der Waals surface area contributed by atoms with Crippen LogP contribution in [0.15, 0.2) is 12.3 Å². The predicted octanol–water partition coefficient (Wildman–Crippen LogP) is 1.89. The molecule has 1 N–H and O–H groups in total. The molecular weight excluding hydrogens is 230 g/mol. The zero-order valence-corrected chi connectivity index (χ0v) is 11.1. The average Bonchev–Trinajstić information content (AvgIpc) is 2.30. The Labute approximate surface area is 107 Å². The number of aryl methyl sites for hydroxylation is 2. The minimum Gasteiger partial charge on any atom is -0.465 e. The van der Waals surface area contributed by atoms with E-state index in [4.69, 9.17) is 5.11 Å². The Morgan fingerprint density at radius 1 is 1.44 bits per heavy atom. The minimum absolute atomic E-state index is 0.156. The Morgan fingerprint density at radius 2 is 2.17 bits per heavy atom. The maximum atomic E-state index is 10.9. The van der Waals surface area contributed by atoms with Crippen molar-refractivity contribution in [3.05, 3.63) is 23.4 Å². The van der Waals surface area contributed by atoms with Gasteiger partial charge < -0.3 is 14.9 Å². The molecule has 5 nitrogen and oxygen atoms in total. The quantitative estimate of drug-likeness (QED) is 0.825. The van der Waals surface area contributed by atoms with Crippen LogP contribution in [0.1, 0.15) is 18.1 Å². The van der Waals surface area contributed by atoms with Crippen molar-refractivity contribution < 1.29 is 9.90 Å². The van der Waals surface area contributed by atoms with Crippen LogP contribution in [0, 0.1) is 13.8 Å². The molecule has 0 bridgehead atoms. The maximum Gasteiger partial charge on any atom is 0.407 e. The standard InChI is InChI=1S/C13H19N3O2/c1-9-6-10(2)12(14-7-9)16-5-4-15(13(17)18)8-11(16)3/h6-7,11H,4-5,8H2,1-3H3,(H,17,18)/t11-/m0/s1. The summed E-state index contributed by atoms with van der Waals surface area (Å²) in [5.74, 6) is 0.970. The van der Waals surface area contributed by atoms with E-state index in [0.29, 0.717) is 19.6 Å². The molecule has 1 aliphatic rings. The third kappa shape index (κ3) is 2.39. The maximum absolute atomic E-state index is 10.9. The van der Waals surface area contributed by atoms with E-state index in [1.54, 1.807) is 0 Å². The van der Waals surface area contributed by atoms with Crippen molar-refractivity contribution in [3.63, 3.8) is 0 Å². The van der Waals surface area contributed by atoms with Crippen molar-refractivity contribution in [2.24, 2.45) is 0 Å². The van der Waals surface area contributed by atoms with E-state index >= 15 is 0 Å². The van der Waals surface area contributed by atoms with Crippen LogP contribution in [0.25, 0.3) is 0 Å². The second-order valence-electron chi connectivity index (χ2n) is 4.92. The molecule has 1 fully saturated rings. The van der Waals surface area contributed by atoms with Crippen LogP contribution in [-0.4, -0.2) is 46.8 Å². The van der Waals surface area contributed by atoms with Gasteiger partial charge >= 0.3 is 6.09 Å². The number of aromatic nitrogens is 1. The number of pyridine rings is 1. The lowest BCUT2D eigenvalue weighted by Crippen LogP contribution is -2.53. The van der Waals surface area contributed by atoms with Crippen molar-refractivity contribution >= 4 is 11.9 Å². The lowest BCUT2D eigenvalue weighted by Gasteiger charge is -2.40. The molecule has 1 saturated heterocycles. The van der Waals surface area contributed by atoms with E-state index in [9.17, 15) is 4.79 Å². The number of rotatable bonds is 1. The zero-order chi connectivity index (χ0) is 13.3. The number of hydrogen-bond donors (Lipinski definition) is 1. The number of piperazine rings is 1. The molecule has 1 atom stereocenters. The van der Waals surface area contributed by atoms with E-state index in [2.05, 4.69) is 16.0 Å². The molecule has 0 spiro atoms. The molecule has 0 radical (unpaired) electrons. The summed E-state index contributed by atoms with van der Waals surface area (Å²) >= 11 is 0. The third-order valence-corrected chi connectivity index (χ3v) is 3.36. The summed E-state index contributed by atoms with van der Waals surface area (Å²) in [4.78, 5) is 19.1. The second-order valence-corrected chi connectivity index (χ2v) is 4.92. The monoisotopic (exact) mass is 249 g/mol. The summed E-state index contributed by atoms with van der Waals surface area (Å²) in [6.07, 6.45) is 1.02. The summed E-state index contributed by atoms with van der Waals surface area (Å²) in [7, 11) is 0. The van der Waals surface area contributed by atoms with Gasteiger partial charge in [0.15, 0.2) is 0 Å². The van der Waals surface area contributed by atoms with Gasteiger partial charge in [0.05, 0.1) is 0 Å². The van der Waals surface area contributed by atoms with Gasteiger partial charge in [0, 0.05) is 31.9 Å². The van der Waals surface area contributed by atoms with Crippen LogP contribution >= 0.6 is 0 Å². The van der Waals surface area contributed by atoms with Crippen LogP contribution in [0.3, 0.4) is 0 Å². The van der Waals surface area contributed by atoms with Crippen LogP contribution in [0.5, 0.6) is 0 Å². The fraction of sp³-hybridized carbons (Fsp3) is 0.538. The summed E-state index contributed by atoms with van der Waals surface area (Å²) in [5, 5.41) is 9.00. The number of nitrogens with zero attached hydrogens (tertiary/aromatic N) is 3. The number of hydrogen-bond acceptors (Lipinski definition) is 3. The smallest absolute Gasteiger partial charge is 0.407 e. The molecule has 2 heterocycles. The van der Waals surface area contributed by atoms with E-state index < -0.39 is 6.09 Å². The summed E-state index contributed by atoms with van der Waals surface area (Å²) < 4.78 is 0. The highest BCUT2D eigenvalue weighted by atomic mass is 16.4. The Kier molecular flexibility index (Phi) is 3.41. The van der Waals surface area contributed by atoms with E-state index in [-0.39, 0.29) is 6.04 Å². The number of carboxylic acid groups (broad SMARTS) is 1. The predicted molar refractivity (Wildman–Crippen MR) is 70.1 cm³/mol. The average molecular weight is 249 g/mol. The van der Waals surface area contributed by atoms with E-state index in [1.807, 2.05) is 27.0 Å². The van der Waals surface area contributed by atoms with Crippen molar-refractivity contribution in [2.45, 2.75) is 26.8 Å². The fourth-order valence-electron chi connectivity index (χ4n) is 2.45. The highest BCUT2D eigenvalue weighted by molar-refractivity contribution is 5.65. The molecular formula is C13H19N3O2. The Morgan fingerprint density at radius 3 is 2.72 bits per heavy atom. The van der Waals surface area contributed by atoms with E-state index in [1.165, 1.54) is 4.90 Å². The lowest BCUT2D eigenvalue weighted by atomic mass is 10.1. The third-order valence-electron chi connectivity index (χ3n) is 3.36. The highest BCUT2D eigenvalue weighted by Gasteiger charge is 2.27. The molecule has 18 heavy (non-hydrogen) atoms. The van der Waals surface area contributed by atoms with Crippen molar-refractivity contribution in [1.82, 2.24) is 9.88 Å². The topological polar surface area (TPSA) is 56.7 Å². The van der Waals surface area contributed by atoms with E-state index in [0.717, 1.165) is 16.9 Å². The molecule has 5 heteroatoms. The first kappa shape index (κ1) is 12.7. The van der Waals surface area contributed by atoms with Crippen LogP contribution < -0.4 is 4.90 Å². The van der Waals surface area contributed by atoms with Crippen LogP contribution in [0.4, 0.5) is 10.6 Å². The molecule has 1 aliphatic heterocycles. The lowest BCUT2D eigenvalue weighted by molar-refractivity contribution is 0.136. The highest BCUT2D eigenvalue weighted by Crippen LogP contribution is 2.22. The molecule has 98 valence electrons. The second kappa shape index (κ2) is 4.84. The molecule has 1 amide bonds. The molecule has 2 rings (SSSR count). The van der Waals surface area contributed by atoms with Crippen LogP contribution in [0.2, 0.25) is 0 Å². The number of carbonyl (C=O) groups is 1. The first-order valence-corrected chi connectivity index (χ1v) is 6.17. The molecule has 0 saturated carbocycles. The summed E-state index contributed by atoms with van der Waals surface area (Å²) in [6, 6.07) is 2.27. The zero-order valence-electron chi connectivity index (χ0n) is 11.1. The minimum atomic E-state index is -0.838. The van der Waals surface area contributed by atoms with Gasteiger partial charge in [-0.2, -0.15) is 0 Å². The SMILES string of the molecule is Cc1cnc(N2CCN(C(=O)O)C[C@@H]2C)c(C)c1. The number of anilines is 1. The van der Waals surface area contributed by atoms with Crippen LogP contribution in [-0.2, 0) is 0 Å². The molecule has 0 unspecified atom stereocenters. The molecule has 1 aromatic heterocycles. The van der Waals surface area contributed by atoms with Gasteiger partial charge in [-0.05, 0) is 31.9 Å².